The van der Waals surface area contributed by atoms with Crippen molar-refractivity contribution in [1.29, 1.82) is 5.26 Å². The second-order valence-corrected chi connectivity index (χ2v) is 7.19. The number of benzene rings is 2. The third-order valence-electron chi connectivity index (χ3n) is 5.31. The number of dihydropyridines is 1. The number of carbonyl (C=O) groups is 1. The fraction of sp³-hybridized carbons (Fsp3) is 0.217. The highest BCUT2D eigenvalue weighted by Crippen LogP contribution is 2.46. The zero-order chi connectivity index (χ0) is 18.4. The normalized spacial score (nSPS) is 18.6. The smallest absolute Gasteiger partial charge is 0.192 e. The zero-order valence-corrected chi connectivity index (χ0v) is 15.1. The summed E-state index contributed by atoms with van der Waals surface area (Å²) in [7, 11) is 0. The predicted octanol–water partition coefficient (Wildman–Crippen LogP) is 4.90. The summed E-state index contributed by atoms with van der Waals surface area (Å²) in [6.07, 6.45) is 0. The van der Waals surface area contributed by atoms with Gasteiger partial charge < -0.3 is 5.32 Å². The van der Waals surface area contributed by atoms with Crippen molar-refractivity contribution < 1.29 is 4.79 Å². The molecule has 2 aliphatic rings. The van der Waals surface area contributed by atoms with Crippen molar-refractivity contribution in [2.24, 2.45) is 0 Å². The summed E-state index contributed by atoms with van der Waals surface area (Å²) in [5.74, 6) is 0.135. The largest absolute Gasteiger partial charge is 0.357 e. The monoisotopic (exact) mass is 340 g/mol. The van der Waals surface area contributed by atoms with Gasteiger partial charge in [0.25, 0.3) is 0 Å². The summed E-state index contributed by atoms with van der Waals surface area (Å²) in [6, 6.07) is 18.3. The molecular formula is C23H20N2O. The van der Waals surface area contributed by atoms with E-state index in [-0.39, 0.29) is 11.7 Å². The molecule has 2 aromatic rings. The quantitative estimate of drug-likeness (QED) is 0.846. The van der Waals surface area contributed by atoms with E-state index in [0.717, 1.165) is 22.5 Å². The molecule has 0 amide bonds. The van der Waals surface area contributed by atoms with Crippen molar-refractivity contribution in [3.05, 3.63) is 87.6 Å². The lowest BCUT2D eigenvalue weighted by molar-refractivity contribution is 0.103. The standard InChI is InChI=1S/C23H20N2O/c1-13(2)15-8-10-16(11-9-15)20-19(12-24)14(3)25-22-17-6-4-5-7-18(17)23(26)21(20)22/h4-11,13,20,25H,1-3H3. The van der Waals surface area contributed by atoms with E-state index in [0.29, 0.717) is 22.6 Å². The predicted molar refractivity (Wildman–Crippen MR) is 102 cm³/mol. The van der Waals surface area contributed by atoms with Gasteiger partial charge in [-0.05, 0) is 24.0 Å². The van der Waals surface area contributed by atoms with E-state index in [1.54, 1.807) is 0 Å². The molecule has 1 unspecified atom stereocenters. The van der Waals surface area contributed by atoms with E-state index in [2.05, 4.69) is 49.5 Å². The summed E-state index contributed by atoms with van der Waals surface area (Å²) in [5.41, 5.74) is 6.83. The molecule has 1 atom stereocenters. The van der Waals surface area contributed by atoms with Crippen LogP contribution in [0.2, 0.25) is 0 Å². The van der Waals surface area contributed by atoms with Crippen LogP contribution in [0.1, 0.15) is 59.7 Å². The van der Waals surface area contributed by atoms with Gasteiger partial charge in [0.1, 0.15) is 0 Å². The molecule has 26 heavy (non-hydrogen) atoms. The van der Waals surface area contributed by atoms with Crippen LogP contribution in [0.4, 0.5) is 0 Å². The number of carbonyl (C=O) groups excluding carboxylic acids is 1. The van der Waals surface area contributed by atoms with Gasteiger partial charge in [0.15, 0.2) is 5.78 Å². The van der Waals surface area contributed by atoms with Gasteiger partial charge in [0, 0.05) is 22.4 Å². The van der Waals surface area contributed by atoms with Crippen LogP contribution < -0.4 is 5.32 Å². The van der Waals surface area contributed by atoms with Gasteiger partial charge >= 0.3 is 0 Å². The molecular weight excluding hydrogens is 320 g/mol. The number of hydrogen-bond donors (Lipinski definition) is 1. The Morgan fingerprint density at radius 2 is 1.69 bits per heavy atom. The van der Waals surface area contributed by atoms with E-state index >= 15 is 0 Å². The molecule has 0 fully saturated rings. The average Bonchev–Trinajstić information content (AvgIpc) is 2.93. The highest BCUT2D eigenvalue weighted by molar-refractivity contribution is 6.22. The second kappa shape index (κ2) is 6.00. The molecule has 0 saturated carbocycles. The first-order chi connectivity index (χ1) is 12.5. The first-order valence-corrected chi connectivity index (χ1v) is 8.89. The van der Waals surface area contributed by atoms with Crippen LogP contribution in [0.5, 0.6) is 0 Å². The maximum atomic E-state index is 13.1. The Morgan fingerprint density at radius 1 is 1.04 bits per heavy atom. The van der Waals surface area contributed by atoms with Crippen LogP contribution in [-0.4, -0.2) is 5.78 Å². The van der Waals surface area contributed by atoms with Crippen molar-refractivity contribution in [1.82, 2.24) is 5.32 Å². The highest BCUT2D eigenvalue weighted by atomic mass is 16.1. The molecule has 1 aliphatic heterocycles. The number of rotatable bonds is 2. The molecule has 128 valence electrons. The first-order valence-electron chi connectivity index (χ1n) is 8.89. The Bertz CT molecular complexity index is 1020. The minimum atomic E-state index is -0.322. The van der Waals surface area contributed by atoms with Crippen molar-refractivity contribution >= 4 is 11.5 Å². The number of nitrogens with zero attached hydrogens (tertiary/aromatic N) is 1. The molecule has 3 nitrogen and oxygen atoms in total. The minimum absolute atomic E-state index is 0.0151. The van der Waals surface area contributed by atoms with Gasteiger partial charge in [-0.1, -0.05) is 62.4 Å². The second-order valence-electron chi connectivity index (χ2n) is 7.19. The Labute approximate surface area is 153 Å². The van der Waals surface area contributed by atoms with Crippen molar-refractivity contribution in [2.45, 2.75) is 32.6 Å². The van der Waals surface area contributed by atoms with Crippen molar-refractivity contribution in [2.75, 3.05) is 0 Å². The minimum Gasteiger partial charge on any atom is -0.357 e. The third kappa shape index (κ3) is 2.30. The number of hydrogen-bond acceptors (Lipinski definition) is 3. The maximum absolute atomic E-state index is 13.1. The number of fused-ring (bicyclic) bond motifs is 2. The van der Waals surface area contributed by atoms with E-state index in [1.165, 1.54) is 5.56 Å². The molecule has 1 heterocycles. The number of nitrogens with one attached hydrogen (secondary N) is 1. The van der Waals surface area contributed by atoms with Gasteiger partial charge in [0.05, 0.1) is 23.3 Å². The van der Waals surface area contributed by atoms with E-state index in [4.69, 9.17) is 0 Å². The number of allylic oxidation sites excluding steroid dienone is 3. The maximum Gasteiger partial charge on any atom is 0.192 e. The number of ketones is 1. The van der Waals surface area contributed by atoms with Crippen LogP contribution in [0, 0.1) is 11.3 Å². The molecule has 1 aliphatic carbocycles. The summed E-state index contributed by atoms with van der Waals surface area (Å²) in [6.45, 7) is 6.22. The first kappa shape index (κ1) is 16.4. The fourth-order valence-corrected chi connectivity index (χ4v) is 3.88. The highest BCUT2D eigenvalue weighted by Gasteiger charge is 2.40. The lowest BCUT2D eigenvalue weighted by Gasteiger charge is -2.27. The average molecular weight is 340 g/mol. The molecule has 2 aromatic carbocycles. The Balaban J connectivity index is 1.89. The Hall–Kier alpha value is -3.12. The molecule has 0 spiro atoms. The van der Waals surface area contributed by atoms with Crippen LogP contribution in [0.25, 0.3) is 5.70 Å². The van der Waals surface area contributed by atoms with E-state index < -0.39 is 0 Å². The molecule has 0 aromatic heterocycles. The number of Topliss-reactive ketones (excluding diaryl/α,β-unsaturated/α-hetero) is 1. The van der Waals surface area contributed by atoms with Crippen molar-refractivity contribution in [3.8, 4) is 6.07 Å². The Morgan fingerprint density at radius 3 is 2.31 bits per heavy atom. The number of nitriles is 1. The zero-order valence-electron chi connectivity index (χ0n) is 15.1. The lowest BCUT2D eigenvalue weighted by Crippen LogP contribution is -2.24. The summed E-state index contributed by atoms with van der Waals surface area (Å²) >= 11 is 0. The molecule has 3 heteroatoms. The molecule has 0 bridgehead atoms. The van der Waals surface area contributed by atoms with Crippen LogP contribution in [0.15, 0.2) is 65.4 Å². The van der Waals surface area contributed by atoms with Gasteiger partial charge in [-0.25, -0.2) is 0 Å². The molecule has 1 N–H and O–H groups in total. The van der Waals surface area contributed by atoms with E-state index in [9.17, 15) is 10.1 Å². The molecule has 0 radical (unpaired) electrons. The van der Waals surface area contributed by atoms with Crippen LogP contribution >= 0.6 is 0 Å². The summed E-state index contributed by atoms with van der Waals surface area (Å²) in [4.78, 5) is 13.1. The van der Waals surface area contributed by atoms with Gasteiger partial charge in [-0.3, -0.25) is 4.79 Å². The van der Waals surface area contributed by atoms with Crippen molar-refractivity contribution in [3.63, 3.8) is 0 Å². The van der Waals surface area contributed by atoms with E-state index in [1.807, 2.05) is 31.2 Å². The summed E-state index contributed by atoms with van der Waals surface area (Å²) in [5, 5.41) is 13.1. The van der Waals surface area contributed by atoms with Gasteiger partial charge in [0.2, 0.25) is 0 Å². The van der Waals surface area contributed by atoms with Crippen LogP contribution in [-0.2, 0) is 0 Å². The fourth-order valence-electron chi connectivity index (χ4n) is 3.88. The lowest BCUT2D eigenvalue weighted by atomic mass is 9.80. The topological polar surface area (TPSA) is 52.9 Å². The summed E-state index contributed by atoms with van der Waals surface area (Å²) < 4.78 is 0. The van der Waals surface area contributed by atoms with Gasteiger partial charge in [-0.15, -0.1) is 0 Å². The molecule has 0 saturated heterocycles. The SMILES string of the molecule is CC1=C(C#N)C(c2ccc(C(C)C)cc2)C2=C(N1)c1ccccc1C2=O. The Kier molecular flexibility index (Phi) is 3.77. The van der Waals surface area contributed by atoms with Crippen LogP contribution in [0.3, 0.4) is 0 Å². The molecule has 4 rings (SSSR count). The third-order valence-corrected chi connectivity index (χ3v) is 5.31. The van der Waals surface area contributed by atoms with Gasteiger partial charge in [-0.2, -0.15) is 5.26 Å².